The van der Waals surface area contributed by atoms with Gasteiger partial charge in [0.05, 0.1) is 28.3 Å². The molecule has 2 heterocycles. The van der Waals surface area contributed by atoms with Crippen molar-refractivity contribution in [3.05, 3.63) is 64.6 Å². The number of thioether (sulfide) groups is 1. The van der Waals surface area contributed by atoms with E-state index < -0.39 is 23.8 Å². The molecule has 0 unspecified atom stereocenters. The molecule has 4 rings (SSSR count). The van der Waals surface area contributed by atoms with Crippen molar-refractivity contribution in [2.24, 2.45) is 0 Å². The van der Waals surface area contributed by atoms with Crippen LogP contribution in [0.1, 0.15) is 48.5 Å². The summed E-state index contributed by atoms with van der Waals surface area (Å²) in [4.78, 5) is 65.3. The summed E-state index contributed by atoms with van der Waals surface area (Å²) in [6.45, 7) is 2.01. The minimum Gasteiger partial charge on any atom is -0.481 e. The number of amides is 3. The number of carboxylic acid groups (broad SMARTS) is 1. The number of carboxylic acids is 1. The Morgan fingerprint density at radius 1 is 0.975 bits per heavy atom. The van der Waals surface area contributed by atoms with Crippen LogP contribution in [0, 0.1) is 0 Å². The number of anilines is 2. The minimum atomic E-state index is -0.862. The Kier molecular flexibility index (Phi) is 9.33. The lowest BCUT2D eigenvalue weighted by molar-refractivity contribution is -0.137. The third-order valence-corrected chi connectivity index (χ3v) is 7.70. The van der Waals surface area contributed by atoms with Crippen molar-refractivity contribution in [2.45, 2.75) is 32.6 Å². The molecular weight excluding hydrogens is 554 g/mol. The van der Waals surface area contributed by atoms with Crippen LogP contribution in [0.5, 0.6) is 0 Å². The van der Waals surface area contributed by atoms with Gasteiger partial charge in [-0.05, 0) is 50.1 Å². The molecule has 2 aliphatic heterocycles. The van der Waals surface area contributed by atoms with Gasteiger partial charge in [-0.1, -0.05) is 48.6 Å². The SMILES string of the molecule is CCOC(=O)c1ccc(NC(=O)CN2C(=O)C(=C3SC(=S)N(CCCCCC(=O)O)C3=O)c3ccccc32)cc1. The number of para-hydroxylation sites is 1. The van der Waals surface area contributed by atoms with Gasteiger partial charge in [0.15, 0.2) is 0 Å². The van der Waals surface area contributed by atoms with E-state index in [1.807, 2.05) is 0 Å². The highest BCUT2D eigenvalue weighted by molar-refractivity contribution is 8.26. The van der Waals surface area contributed by atoms with Crippen molar-refractivity contribution in [3.8, 4) is 0 Å². The summed E-state index contributed by atoms with van der Waals surface area (Å²) in [7, 11) is 0. The highest BCUT2D eigenvalue weighted by Gasteiger charge is 2.42. The molecule has 2 aromatic carbocycles. The van der Waals surface area contributed by atoms with E-state index in [1.165, 1.54) is 21.9 Å². The second kappa shape index (κ2) is 12.9. The van der Waals surface area contributed by atoms with Crippen LogP contribution in [-0.4, -0.2) is 63.7 Å². The first-order valence-electron chi connectivity index (χ1n) is 12.7. The van der Waals surface area contributed by atoms with Gasteiger partial charge in [0, 0.05) is 24.2 Å². The minimum absolute atomic E-state index is 0.0655. The Labute approximate surface area is 240 Å². The van der Waals surface area contributed by atoms with Crippen LogP contribution in [0.4, 0.5) is 11.4 Å². The van der Waals surface area contributed by atoms with Crippen LogP contribution in [0.25, 0.3) is 5.57 Å². The van der Waals surface area contributed by atoms with Crippen molar-refractivity contribution in [1.82, 2.24) is 4.90 Å². The molecule has 0 atom stereocenters. The number of aliphatic carboxylic acids is 1. The standard InChI is InChI=1S/C28H27N3O7S2/c1-2-38-27(37)17-11-13-18(14-12-17)29-21(32)16-31-20-9-6-5-8-19(20)23(25(31)35)24-26(36)30(28(39)40-24)15-7-3-4-10-22(33)34/h5-6,8-9,11-14H,2-4,7,10,15-16H2,1H3,(H,29,32)(H,33,34). The van der Waals surface area contributed by atoms with Crippen molar-refractivity contribution in [1.29, 1.82) is 0 Å². The first-order chi connectivity index (χ1) is 19.2. The maximum absolute atomic E-state index is 13.6. The van der Waals surface area contributed by atoms with Gasteiger partial charge in [0.1, 0.15) is 10.9 Å². The van der Waals surface area contributed by atoms with Crippen LogP contribution in [0.3, 0.4) is 0 Å². The number of ether oxygens (including phenoxy) is 1. The Balaban J connectivity index is 1.47. The zero-order valence-electron chi connectivity index (χ0n) is 21.7. The van der Waals surface area contributed by atoms with E-state index in [0.717, 1.165) is 11.8 Å². The first-order valence-corrected chi connectivity index (χ1v) is 13.9. The molecule has 3 amide bonds. The number of unbranched alkanes of at least 4 members (excludes halogenated alkanes) is 2. The molecule has 2 N–H and O–H groups in total. The number of nitrogens with zero attached hydrogens (tertiary/aromatic N) is 2. The molecule has 12 heteroatoms. The summed E-state index contributed by atoms with van der Waals surface area (Å²) in [5.41, 5.74) is 2.05. The summed E-state index contributed by atoms with van der Waals surface area (Å²) in [6, 6.07) is 13.2. The first kappa shape index (κ1) is 29.0. The van der Waals surface area contributed by atoms with Gasteiger partial charge in [-0.2, -0.15) is 0 Å². The summed E-state index contributed by atoms with van der Waals surface area (Å²) in [5.74, 6) is -2.63. The van der Waals surface area contributed by atoms with Gasteiger partial charge < -0.3 is 15.2 Å². The fraction of sp³-hybridized carbons (Fsp3) is 0.286. The fourth-order valence-corrected chi connectivity index (χ4v) is 5.75. The molecular formula is C28H27N3O7S2. The third-order valence-electron chi connectivity index (χ3n) is 6.25. The number of esters is 1. The maximum Gasteiger partial charge on any atom is 0.338 e. The topological polar surface area (TPSA) is 133 Å². The number of hydrogen-bond donors (Lipinski definition) is 2. The van der Waals surface area contributed by atoms with Crippen molar-refractivity contribution in [2.75, 3.05) is 29.9 Å². The molecule has 10 nitrogen and oxygen atoms in total. The lowest BCUT2D eigenvalue weighted by atomic mass is 10.1. The number of carbonyl (C=O) groups is 5. The fourth-order valence-electron chi connectivity index (χ4n) is 4.37. The zero-order chi connectivity index (χ0) is 28.8. The summed E-state index contributed by atoms with van der Waals surface area (Å²) < 4.78 is 5.29. The molecule has 0 radical (unpaired) electrons. The molecule has 0 saturated carbocycles. The smallest absolute Gasteiger partial charge is 0.338 e. The molecule has 208 valence electrons. The van der Waals surface area contributed by atoms with E-state index in [1.54, 1.807) is 43.3 Å². The van der Waals surface area contributed by atoms with Crippen LogP contribution in [0.15, 0.2) is 53.4 Å². The molecule has 2 aromatic rings. The molecule has 0 aliphatic carbocycles. The molecule has 1 saturated heterocycles. The largest absolute Gasteiger partial charge is 0.481 e. The second-order valence-corrected chi connectivity index (χ2v) is 10.6. The average Bonchev–Trinajstić information content (AvgIpc) is 3.35. The van der Waals surface area contributed by atoms with Crippen molar-refractivity contribution < 1.29 is 33.8 Å². The number of hydrogen-bond acceptors (Lipinski definition) is 8. The average molecular weight is 582 g/mol. The highest BCUT2D eigenvalue weighted by Crippen LogP contribution is 2.44. The van der Waals surface area contributed by atoms with Gasteiger partial charge in [-0.3, -0.25) is 29.0 Å². The van der Waals surface area contributed by atoms with Crippen LogP contribution in [-0.2, 0) is 23.9 Å². The molecule has 40 heavy (non-hydrogen) atoms. The molecule has 2 aliphatic rings. The molecule has 0 bridgehead atoms. The number of carbonyl (C=O) groups excluding carboxylic acids is 4. The van der Waals surface area contributed by atoms with Gasteiger partial charge in [0.25, 0.3) is 11.8 Å². The van der Waals surface area contributed by atoms with E-state index >= 15 is 0 Å². The third kappa shape index (κ3) is 6.40. The number of benzene rings is 2. The van der Waals surface area contributed by atoms with Crippen molar-refractivity contribution >= 4 is 74.9 Å². The Bertz CT molecular complexity index is 1400. The van der Waals surface area contributed by atoms with Gasteiger partial charge >= 0.3 is 11.9 Å². The van der Waals surface area contributed by atoms with Gasteiger partial charge in [0.2, 0.25) is 5.91 Å². The van der Waals surface area contributed by atoms with E-state index in [0.29, 0.717) is 52.6 Å². The van der Waals surface area contributed by atoms with E-state index in [4.69, 9.17) is 22.1 Å². The van der Waals surface area contributed by atoms with Crippen LogP contribution >= 0.6 is 24.0 Å². The normalized spacial score (nSPS) is 16.4. The zero-order valence-corrected chi connectivity index (χ0v) is 23.3. The highest BCUT2D eigenvalue weighted by atomic mass is 32.2. The van der Waals surface area contributed by atoms with E-state index in [9.17, 15) is 24.0 Å². The lowest BCUT2D eigenvalue weighted by Gasteiger charge is -2.17. The van der Waals surface area contributed by atoms with Crippen LogP contribution in [0.2, 0.25) is 0 Å². The molecule has 1 fully saturated rings. The quantitative estimate of drug-likeness (QED) is 0.174. The summed E-state index contributed by atoms with van der Waals surface area (Å²) in [6.07, 6.45) is 1.78. The van der Waals surface area contributed by atoms with Gasteiger partial charge in [-0.25, -0.2) is 4.79 Å². The number of rotatable bonds is 11. The van der Waals surface area contributed by atoms with E-state index in [-0.39, 0.29) is 36.0 Å². The predicted octanol–water partition coefficient (Wildman–Crippen LogP) is 4.07. The van der Waals surface area contributed by atoms with Gasteiger partial charge in [-0.15, -0.1) is 0 Å². The monoisotopic (exact) mass is 581 g/mol. The van der Waals surface area contributed by atoms with E-state index in [2.05, 4.69) is 5.32 Å². The van der Waals surface area contributed by atoms with Crippen LogP contribution < -0.4 is 10.2 Å². The number of thiocarbonyl (C=S) groups is 1. The summed E-state index contributed by atoms with van der Waals surface area (Å²) >= 11 is 6.47. The summed E-state index contributed by atoms with van der Waals surface area (Å²) in [5, 5.41) is 11.5. The molecule has 0 aromatic heterocycles. The number of nitrogens with one attached hydrogen (secondary N) is 1. The molecule has 0 spiro atoms. The predicted molar refractivity (Wildman–Crippen MR) is 155 cm³/mol. The lowest BCUT2D eigenvalue weighted by Crippen LogP contribution is -2.35. The maximum atomic E-state index is 13.6. The Hall–Kier alpha value is -4.03. The Morgan fingerprint density at radius 2 is 1.70 bits per heavy atom. The second-order valence-electron chi connectivity index (χ2n) is 8.99. The van der Waals surface area contributed by atoms with Crippen molar-refractivity contribution in [3.63, 3.8) is 0 Å². The Morgan fingerprint density at radius 3 is 2.40 bits per heavy atom. The number of fused-ring (bicyclic) bond motifs is 1.